The molecule has 29 heavy (non-hydrogen) atoms. The van der Waals surface area contributed by atoms with Crippen molar-refractivity contribution in [1.29, 1.82) is 0 Å². The van der Waals surface area contributed by atoms with E-state index in [2.05, 4.69) is 20.5 Å². The number of rotatable bonds is 4. The number of amides is 1. The van der Waals surface area contributed by atoms with E-state index in [1.807, 2.05) is 13.8 Å². The average Bonchev–Trinajstić information content (AvgIpc) is 3.39. The summed E-state index contributed by atoms with van der Waals surface area (Å²) in [6, 6.07) is 2.93. The smallest absolute Gasteiger partial charge is 0.280 e. The summed E-state index contributed by atoms with van der Waals surface area (Å²) in [6.45, 7) is 4.76. The second-order valence-electron chi connectivity index (χ2n) is 7.34. The normalized spacial score (nSPS) is 15.3. The van der Waals surface area contributed by atoms with Crippen molar-refractivity contribution in [3.63, 3.8) is 0 Å². The Morgan fingerprint density at radius 2 is 2.00 bits per heavy atom. The van der Waals surface area contributed by atoms with E-state index in [-0.39, 0.29) is 17.5 Å². The second kappa shape index (κ2) is 7.69. The van der Waals surface area contributed by atoms with Gasteiger partial charge in [-0.3, -0.25) is 4.79 Å². The number of piperidine rings is 1. The monoisotopic (exact) mass is 402 g/mol. The highest BCUT2D eigenvalue weighted by molar-refractivity contribution is 5.94. The Morgan fingerprint density at radius 3 is 2.69 bits per heavy atom. The summed E-state index contributed by atoms with van der Waals surface area (Å²) in [5.41, 5.74) is 0.244. The summed E-state index contributed by atoms with van der Waals surface area (Å²) >= 11 is 0. The minimum atomic E-state index is -0.722. The number of carbonyl (C=O) groups is 1. The first kappa shape index (κ1) is 19.2. The fourth-order valence-electron chi connectivity index (χ4n) is 3.29. The van der Waals surface area contributed by atoms with Crippen LogP contribution >= 0.6 is 0 Å². The van der Waals surface area contributed by atoms with Gasteiger partial charge in [0.15, 0.2) is 11.5 Å². The van der Waals surface area contributed by atoms with E-state index >= 15 is 0 Å². The minimum absolute atomic E-state index is 0.0325. The maximum atomic E-state index is 13.9. The molecule has 1 aliphatic heterocycles. The molecule has 0 aliphatic carbocycles. The number of carbonyl (C=O) groups excluding carboxylic acids is 1. The third kappa shape index (κ3) is 3.87. The Labute approximate surface area is 165 Å². The minimum Gasteiger partial charge on any atom is -0.338 e. The van der Waals surface area contributed by atoms with Crippen molar-refractivity contribution < 1.29 is 18.1 Å². The Hall–Kier alpha value is -3.17. The summed E-state index contributed by atoms with van der Waals surface area (Å²) in [7, 11) is 0. The van der Waals surface area contributed by atoms with E-state index in [0.29, 0.717) is 43.3 Å². The predicted octanol–water partition coefficient (Wildman–Crippen LogP) is 3.21. The van der Waals surface area contributed by atoms with Crippen molar-refractivity contribution in [2.75, 3.05) is 13.1 Å². The SMILES string of the molecule is CC(C)c1noc(-c2cn(C3CCN(C(=O)c4cc(F)ccc4F)CC3)nn2)n1. The molecule has 10 heteroatoms. The van der Waals surface area contributed by atoms with Gasteiger partial charge in [0.1, 0.15) is 11.6 Å². The van der Waals surface area contributed by atoms with Crippen LogP contribution < -0.4 is 0 Å². The average molecular weight is 402 g/mol. The van der Waals surface area contributed by atoms with E-state index in [1.165, 1.54) is 4.90 Å². The van der Waals surface area contributed by atoms with Crippen LogP contribution in [0.1, 0.15) is 54.8 Å². The largest absolute Gasteiger partial charge is 0.338 e. The third-order valence-electron chi connectivity index (χ3n) is 4.97. The van der Waals surface area contributed by atoms with Crippen LogP contribution in [0, 0.1) is 11.6 Å². The number of benzene rings is 1. The first-order chi connectivity index (χ1) is 13.9. The zero-order chi connectivity index (χ0) is 20.5. The Kier molecular flexibility index (Phi) is 5.08. The van der Waals surface area contributed by atoms with Crippen LogP contribution in [-0.2, 0) is 0 Å². The highest BCUT2D eigenvalue weighted by Gasteiger charge is 2.27. The van der Waals surface area contributed by atoms with E-state index in [1.54, 1.807) is 10.9 Å². The van der Waals surface area contributed by atoms with Crippen molar-refractivity contribution in [3.05, 3.63) is 47.4 Å². The molecule has 0 spiro atoms. The van der Waals surface area contributed by atoms with Crippen LogP contribution in [0.4, 0.5) is 8.78 Å². The van der Waals surface area contributed by atoms with Crippen molar-refractivity contribution in [3.8, 4) is 11.6 Å². The van der Waals surface area contributed by atoms with Crippen LogP contribution in [-0.4, -0.2) is 49.0 Å². The molecule has 1 amide bonds. The molecular weight excluding hydrogens is 382 g/mol. The lowest BCUT2D eigenvalue weighted by atomic mass is 10.0. The lowest BCUT2D eigenvalue weighted by Crippen LogP contribution is -2.39. The molecule has 0 N–H and O–H groups in total. The van der Waals surface area contributed by atoms with Gasteiger partial charge in [-0.1, -0.05) is 24.2 Å². The van der Waals surface area contributed by atoms with Crippen LogP contribution in [0.3, 0.4) is 0 Å². The number of halogens is 2. The van der Waals surface area contributed by atoms with Gasteiger partial charge in [0, 0.05) is 19.0 Å². The molecule has 0 bridgehead atoms. The number of aromatic nitrogens is 5. The first-order valence-electron chi connectivity index (χ1n) is 9.42. The maximum Gasteiger partial charge on any atom is 0.280 e. The van der Waals surface area contributed by atoms with Gasteiger partial charge in [-0.05, 0) is 31.0 Å². The molecule has 2 aromatic heterocycles. The van der Waals surface area contributed by atoms with E-state index in [4.69, 9.17) is 4.52 Å². The van der Waals surface area contributed by atoms with Crippen molar-refractivity contribution in [2.45, 2.75) is 38.6 Å². The number of likely N-dealkylation sites (tertiary alicyclic amines) is 1. The van der Waals surface area contributed by atoms with Crippen molar-refractivity contribution in [2.24, 2.45) is 0 Å². The van der Waals surface area contributed by atoms with Gasteiger partial charge in [-0.2, -0.15) is 4.98 Å². The third-order valence-corrected chi connectivity index (χ3v) is 4.97. The molecule has 152 valence electrons. The van der Waals surface area contributed by atoms with Gasteiger partial charge < -0.3 is 9.42 Å². The highest BCUT2D eigenvalue weighted by atomic mass is 19.1. The number of hydrogen-bond acceptors (Lipinski definition) is 6. The molecule has 0 atom stereocenters. The molecule has 1 aliphatic rings. The van der Waals surface area contributed by atoms with Crippen molar-refractivity contribution >= 4 is 5.91 Å². The Bertz CT molecular complexity index is 1020. The molecule has 8 nitrogen and oxygen atoms in total. The standard InChI is InChI=1S/C19H20F2N6O2/c1-11(2)17-22-18(29-24-17)16-10-27(25-23-16)13-5-7-26(8-6-13)19(28)14-9-12(20)3-4-15(14)21/h3-4,9-11,13H,5-8H2,1-2H3. The van der Waals surface area contributed by atoms with Gasteiger partial charge in [0.25, 0.3) is 11.8 Å². The summed E-state index contributed by atoms with van der Waals surface area (Å²) in [5, 5.41) is 12.2. The van der Waals surface area contributed by atoms with Crippen LogP contribution in [0.15, 0.2) is 28.9 Å². The van der Waals surface area contributed by atoms with Gasteiger partial charge in [0.2, 0.25) is 0 Å². The Balaban J connectivity index is 1.41. The molecule has 1 aromatic carbocycles. The van der Waals surface area contributed by atoms with Gasteiger partial charge in [-0.15, -0.1) is 5.10 Å². The van der Waals surface area contributed by atoms with E-state index in [9.17, 15) is 13.6 Å². The Morgan fingerprint density at radius 1 is 1.24 bits per heavy atom. The van der Waals surface area contributed by atoms with Crippen LogP contribution in [0.2, 0.25) is 0 Å². The molecule has 1 fully saturated rings. The van der Waals surface area contributed by atoms with Gasteiger partial charge in [0.05, 0.1) is 17.8 Å². The molecule has 3 heterocycles. The van der Waals surface area contributed by atoms with E-state index in [0.717, 1.165) is 18.2 Å². The number of nitrogens with zero attached hydrogens (tertiary/aromatic N) is 6. The summed E-state index contributed by atoms with van der Waals surface area (Å²) in [6.07, 6.45) is 2.98. The van der Waals surface area contributed by atoms with Crippen LogP contribution in [0.5, 0.6) is 0 Å². The quantitative estimate of drug-likeness (QED) is 0.666. The summed E-state index contributed by atoms with van der Waals surface area (Å²) in [4.78, 5) is 18.4. The molecule has 0 saturated carbocycles. The summed E-state index contributed by atoms with van der Waals surface area (Å²) in [5.74, 6) is -0.805. The zero-order valence-electron chi connectivity index (χ0n) is 16.0. The molecule has 4 rings (SSSR count). The van der Waals surface area contributed by atoms with E-state index < -0.39 is 17.5 Å². The van der Waals surface area contributed by atoms with Crippen molar-refractivity contribution in [1.82, 2.24) is 30.0 Å². The molecule has 1 saturated heterocycles. The second-order valence-corrected chi connectivity index (χ2v) is 7.34. The first-order valence-corrected chi connectivity index (χ1v) is 9.42. The molecule has 0 radical (unpaired) electrons. The topological polar surface area (TPSA) is 89.9 Å². The lowest BCUT2D eigenvalue weighted by Gasteiger charge is -2.32. The predicted molar refractivity (Wildman–Crippen MR) is 97.9 cm³/mol. The molecular formula is C19H20F2N6O2. The summed E-state index contributed by atoms with van der Waals surface area (Å²) < 4.78 is 34.2. The maximum absolute atomic E-state index is 13.9. The molecule has 0 unspecified atom stereocenters. The molecule has 3 aromatic rings. The fourth-order valence-corrected chi connectivity index (χ4v) is 3.29. The van der Waals surface area contributed by atoms with Crippen LogP contribution in [0.25, 0.3) is 11.6 Å². The zero-order valence-corrected chi connectivity index (χ0v) is 16.0. The number of hydrogen-bond donors (Lipinski definition) is 0. The fraction of sp³-hybridized carbons (Fsp3) is 0.421. The lowest BCUT2D eigenvalue weighted by molar-refractivity contribution is 0.0684. The van der Waals surface area contributed by atoms with Gasteiger partial charge in [-0.25, -0.2) is 13.5 Å². The van der Waals surface area contributed by atoms with Gasteiger partial charge >= 0.3 is 0 Å². The highest BCUT2D eigenvalue weighted by Crippen LogP contribution is 2.25.